The van der Waals surface area contributed by atoms with E-state index in [2.05, 4.69) is 5.92 Å². The van der Waals surface area contributed by atoms with Crippen LogP contribution in [-0.2, 0) is 9.47 Å². The van der Waals surface area contributed by atoms with Crippen LogP contribution in [0.5, 0.6) is 0 Å². The molecule has 2 heteroatoms. The van der Waals surface area contributed by atoms with E-state index in [1.54, 1.807) is 0 Å². The van der Waals surface area contributed by atoms with Gasteiger partial charge in [-0.15, -0.1) is 12.3 Å². The monoisotopic (exact) mass is 238 g/mol. The lowest BCUT2D eigenvalue weighted by molar-refractivity contribution is -0.162. The van der Waals surface area contributed by atoms with Gasteiger partial charge in [0.15, 0.2) is 6.29 Å². The normalized spacial score (nSPS) is 20.1. The molecule has 1 heterocycles. The maximum absolute atomic E-state index is 5.68. The van der Waals surface area contributed by atoms with Crippen molar-refractivity contribution >= 4 is 0 Å². The van der Waals surface area contributed by atoms with Gasteiger partial charge in [-0.1, -0.05) is 25.7 Å². The maximum Gasteiger partial charge on any atom is 0.157 e. The van der Waals surface area contributed by atoms with Gasteiger partial charge in [-0.3, -0.25) is 0 Å². The second-order valence-corrected chi connectivity index (χ2v) is 4.74. The van der Waals surface area contributed by atoms with Crippen molar-refractivity contribution in [3.63, 3.8) is 0 Å². The summed E-state index contributed by atoms with van der Waals surface area (Å²) in [4.78, 5) is 0. The van der Waals surface area contributed by atoms with Crippen LogP contribution in [0.4, 0.5) is 0 Å². The van der Waals surface area contributed by atoms with E-state index in [0.29, 0.717) is 0 Å². The van der Waals surface area contributed by atoms with Crippen LogP contribution in [0.1, 0.15) is 64.2 Å². The predicted molar refractivity (Wildman–Crippen MR) is 70.7 cm³/mol. The van der Waals surface area contributed by atoms with Crippen LogP contribution < -0.4 is 0 Å². The van der Waals surface area contributed by atoms with Gasteiger partial charge in [0.2, 0.25) is 0 Å². The smallest absolute Gasteiger partial charge is 0.157 e. The molecule has 0 N–H and O–H groups in total. The Labute approximate surface area is 106 Å². The highest BCUT2D eigenvalue weighted by molar-refractivity contribution is 4.82. The first-order chi connectivity index (χ1) is 8.43. The molecule has 2 nitrogen and oxygen atoms in total. The Morgan fingerprint density at radius 2 is 1.82 bits per heavy atom. The van der Waals surface area contributed by atoms with E-state index in [1.165, 1.54) is 44.9 Å². The molecule has 1 atom stereocenters. The second kappa shape index (κ2) is 10.6. The van der Waals surface area contributed by atoms with E-state index in [-0.39, 0.29) is 6.29 Å². The van der Waals surface area contributed by atoms with E-state index in [9.17, 15) is 0 Å². The summed E-state index contributed by atoms with van der Waals surface area (Å²) in [5.74, 6) is 2.68. The van der Waals surface area contributed by atoms with Crippen molar-refractivity contribution in [1.82, 2.24) is 0 Å². The van der Waals surface area contributed by atoms with Crippen molar-refractivity contribution in [3.05, 3.63) is 0 Å². The van der Waals surface area contributed by atoms with Crippen LogP contribution in [0.25, 0.3) is 0 Å². The van der Waals surface area contributed by atoms with Gasteiger partial charge in [0.25, 0.3) is 0 Å². The molecule has 0 aliphatic carbocycles. The molecule has 0 aromatic carbocycles. The SMILES string of the molecule is C#CCCCCCCCCO[C@H]1CCCCO1. The summed E-state index contributed by atoms with van der Waals surface area (Å²) >= 11 is 0. The third kappa shape index (κ3) is 8.24. The lowest BCUT2D eigenvalue weighted by Gasteiger charge is -2.22. The van der Waals surface area contributed by atoms with Crippen molar-refractivity contribution in [2.24, 2.45) is 0 Å². The van der Waals surface area contributed by atoms with E-state index in [4.69, 9.17) is 15.9 Å². The average molecular weight is 238 g/mol. The Hall–Kier alpha value is -0.520. The average Bonchev–Trinajstić information content (AvgIpc) is 2.38. The molecular formula is C15H26O2. The third-order valence-electron chi connectivity index (χ3n) is 3.16. The number of rotatable bonds is 9. The Morgan fingerprint density at radius 3 is 2.53 bits per heavy atom. The van der Waals surface area contributed by atoms with Crippen LogP contribution in [0, 0.1) is 12.3 Å². The topological polar surface area (TPSA) is 18.5 Å². The first-order valence-corrected chi connectivity index (χ1v) is 7.10. The van der Waals surface area contributed by atoms with Gasteiger partial charge in [-0.05, 0) is 32.1 Å². The summed E-state index contributed by atoms with van der Waals surface area (Å²) in [6.07, 6.45) is 17.2. The predicted octanol–water partition coefficient (Wildman–Crippen LogP) is 3.89. The Morgan fingerprint density at radius 1 is 1.06 bits per heavy atom. The molecule has 0 amide bonds. The lowest BCUT2D eigenvalue weighted by Crippen LogP contribution is -2.22. The quantitative estimate of drug-likeness (QED) is 0.448. The zero-order valence-electron chi connectivity index (χ0n) is 11.0. The summed E-state index contributed by atoms with van der Waals surface area (Å²) < 4.78 is 11.2. The number of hydrogen-bond donors (Lipinski definition) is 0. The van der Waals surface area contributed by atoms with Crippen molar-refractivity contribution in [2.75, 3.05) is 13.2 Å². The maximum atomic E-state index is 5.68. The molecule has 1 saturated heterocycles. The van der Waals surface area contributed by atoms with E-state index in [1.807, 2.05) is 0 Å². The highest BCUT2D eigenvalue weighted by Crippen LogP contribution is 2.14. The van der Waals surface area contributed by atoms with Crippen LogP contribution in [0.3, 0.4) is 0 Å². The van der Waals surface area contributed by atoms with Crippen molar-refractivity contribution in [3.8, 4) is 12.3 Å². The summed E-state index contributed by atoms with van der Waals surface area (Å²) in [6.45, 7) is 1.73. The molecular weight excluding hydrogens is 212 g/mol. The second-order valence-electron chi connectivity index (χ2n) is 4.74. The van der Waals surface area contributed by atoms with Crippen molar-refractivity contribution < 1.29 is 9.47 Å². The molecule has 1 fully saturated rings. The largest absolute Gasteiger partial charge is 0.353 e. The number of terminal acetylenes is 1. The number of unbranched alkanes of at least 4 members (excludes halogenated alkanes) is 6. The molecule has 1 rings (SSSR count). The minimum atomic E-state index is 0.0828. The molecule has 0 aromatic heterocycles. The highest BCUT2D eigenvalue weighted by atomic mass is 16.7. The van der Waals surface area contributed by atoms with Crippen LogP contribution >= 0.6 is 0 Å². The number of hydrogen-bond acceptors (Lipinski definition) is 2. The lowest BCUT2D eigenvalue weighted by atomic mass is 10.1. The van der Waals surface area contributed by atoms with E-state index in [0.717, 1.165) is 32.5 Å². The van der Waals surface area contributed by atoms with Gasteiger partial charge in [0, 0.05) is 19.6 Å². The molecule has 1 aliphatic heterocycles. The summed E-state index contributed by atoms with van der Waals surface area (Å²) in [7, 11) is 0. The van der Waals surface area contributed by atoms with Gasteiger partial charge in [0.05, 0.1) is 0 Å². The molecule has 0 saturated carbocycles. The van der Waals surface area contributed by atoms with Crippen molar-refractivity contribution in [2.45, 2.75) is 70.5 Å². The molecule has 0 bridgehead atoms. The molecule has 0 spiro atoms. The molecule has 0 unspecified atom stereocenters. The molecule has 1 aliphatic rings. The Kier molecular flexibility index (Phi) is 9.09. The Bertz CT molecular complexity index is 201. The molecule has 17 heavy (non-hydrogen) atoms. The fraction of sp³-hybridized carbons (Fsp3) is 0.867. The summed E-state index contributed by atoms with van der Waals surface area (Å²) in [6, 6.07) is 0. The molecule has 0 aromatic rings. The Balaban J connectivity index is 1.76. The first kappa shape index (κ1) is 14.5. The zero-order valence-corrected chi connectivity index (χ0v) is 11.0. The summed E-state index contributed by atoms with van der Waals surface area (Å²) in [5, 5.41) is 0. The first-order valence-electron chi connectivity index (χ1n) is 7.10. The van der Waals surface area contributed by atoms with Gasteiger partial charge in [-0.25, -0.2) is 0 Å². The minimum Gasteiger partial charge on any atom is -0.353 e. The van der Waals surface area contributed by atoms with Gasteiger partial charge >= 0.3 is 0 Å². The van der Waals surface area contributed by atoms with Crippen LogP contribution in [0.2, 0.25) is 0 Å². The van der Waals surface area contributed by atoms with Gasteiger partial charge in [0.1, 0.15) is 0 Å². The van der Waals surface area contributed by atoms with E-state index < -0.39 is 0 Å². The zero-order chi connectivity index (χ0) is 12.2. The van der Waals surface area contributed by atoms with Crippen LogP contribution in [0.15, 0.2) is 0 Å². The van der Waals surface area contributed by atoms with Crippen LogP contribution in [-0.4, -0.2) is 19.5 Å². The van der Waals surface area contributed by atoms with Gasteiger partial charge < -0.3 is 9.47 Å². The van der Waals surface area contributed by atoms with Gasteiger partial charge in [-0.2, -0.15) is 0 Å². The molecule has 98 valence electrons. The fourth-order valence-corrected chi connectivity index (χ4v) is 2.09. The minimum absolute atomic E-state index is 0.0828. The molecule has 0 radical (unpaired) electrons. The fourth-order valence-electron chi connectivity index (χ4n) is 2.09. The number of ether oxygens (including phenoxy) is 2. The summed E-state index contributed by atoms with van der Waals surface area (Å²) in [5.41, 5.74) is 0. The standard InChI is InChI=1S/C15H26O2/c1-2-3-4-5-6-7-8-10-13-16-15-12-9-11-14-17-15/h1,15H,3-14H2/t15-/m1/s1. The highest BCUT2D eigenvalue weighted by Gasteiger charge is 2.13. The third-order valence-corrected chi connectivity index (χ3v) is 3.16. The van der Waals surface area contributed by atoms with Crippen molar-refractivity contribution in [1.29, 1.82) is 0 Å². The van der Waals surface area contributed by atoms with E-state index >= 15 is 0 Å².